The Labute approximate surface area is 484 Å². The molecule has 7 bridgehead atoms. The molecule has 19 unspecified atom stereocenters. The first kappa shape index (κ1) is 56.9. The number of benzene rings is 2. The molecule has 2 aromatic rings. The normalized spacial score (nSPS) is 45.6. The molecule has 0 radical (unpaired) electrons. The highest BCUT2D eigenvalue weighted by molar-refractivity contribution is 6.01. The number of epoxide rings is 1. The summed E-state index contributed by atoms with van der Waals surface area (Å²) in [5.41, 5.74) is 8.13. The highest BCUT2D eigenvalue weighted by Gasteiger charge is 2.80. The van der Waals surface area contributed by atoms with Crippen LogP contribution < -0.4 is 16.4 Å². The molecule has 2 aromatic carbocycles. The minimum Gasteiger partial charge on any atom is -0.508 e. The molecule has 19 atom stereocenters. The van der Waals surface area contributed by atoms with Crippen molar-refractivity contribution < 1.29 is 39.9 Å². The molecule has 11 nitrogen and oxygen atoms in total. The first-order chi connectivity index (χ1) is 38.9. The molecule has 11 aliphatic rings. The summed E-state index contributed by atoms with van der Waals surface area (Å²) in [5, 5.41) is 68.6. The summed E-state index contributed by atoms with van der Waals surface area (Å²) in [5.74, 6) is 1.93. The third-order valence-corrected chi connectivity index (χ3v) is 26.6. The molecular weight excluding hydrogens is 1010 g/mol. The fourth-order valence-electron chi connectivity index (χ4n) is 23.8. The third-order valence-electron chi connectivity index (χ3n) is 26.6. The second-order valence-electron chi connectivity index (χ2n) is 30.5. The van der Waals surface area contributed by atoms with Crippen LogP contribution in [0, 0.1) is 74.9 Å². The van der Waals surface area contributed by atoms with Crippen LogP contribution in [-0.4, -0.2) is 93.4 Å². The van der Waals surface area contributed by atoms with E-state index in [4.69, 9.17) is 10.5 Å². The number of ketones is 2. The Morgan fingerprint density at radius 2 is 1.65 bits per heavy atom. The molecule has 0 amide bonds. The van der Waals surface area contributed by atoms with Gasteiger partial charge in [-0.3, -0.25) is 9.59 Å². The Kier molecular flexibility index (Phi) is 14.8. The number of nitrogens with two attached hydrogens (primary N) is 1. The number of allylic oxidation sites excluding steroid dienone is 2. The van der Waals surface area contributed by atoms with Crippen LogP contribution in [-0.2, 0) is 26.3 Å². The maximum Gasteiger partial charge on any atom is 0.160 e. The predicted molar refractivity (Wildman–Crippen MR) is 316 cm³/mol. The lowest BCUT2D eigenvalue weighted by molar-refractivity contribution is -0.256. The van der Waals surface area contributed by atoms with Gasteiger partial charge in [-0.15, -0.1) is 0 Å². The molecule has 7 saturated carbocycles. The lowest BCUT2D eigenvalue weighted by Gasteiger charge is -2.76. The van der Waals surface area contributed by atoms with Crippen molar-refractivity contribution in [1.82, 2.24) is 10.6 Å². The van der Waals surface area contributed by atoms with Gasteiger partial charge in [0.05, 0.1) is 22.7 Å². The number of ether oxygens (including phenoxy) is 1. The van der Waals surface area contributed by atoms with Crippen molar-refractivity contribution in [3.8, 4) is 5.75 Å². The molecule has 81 heavy (non-hydrogen) atoms. The topological polar surface area (TPSA) is 198 Å². The van der Waals surface area contributed by atoms with E-state index in [2.05, 4.69) is 48.7 Å². The van der Waals surface area contributed by atoms with Crippen LogP contribution in [0.3, 0.4) is 0 Å². The molecule has 2 aliphatic heterocycles. The zero-order valence-electron chi connectivity index (χ0n) is 49.8. The molecule has 11 heteroatoms. The molecule has 9 fully saturated rings. The Morgan fingerprint density at radius 3 is 2.43 bits per heavy atom. The summed E-state index contributed by atoms with van der Waals surface area (Å²) < 4.78 is 6.88. The number of carbonyl (C=O) groups is 2. The molecule has 444 valence electrons. The van der Waals surface area contributed by atoms with Crippen LogP contribution in [0.4, 0.5) is 5.69 Å². The molecule has 0 aromatic heterocycles. The van der Waals surface area contributed by atoms with Crippen molar-refractivity contribution in [3.05, 3.63) is 70.3 Å². The number of Topliss-reactive ketones (excluding diaryl/α,β-unsaturated/α-hetero) is 2. The Hall–Kier alpha value is -3.16. The van der Waals surface area contributed by atoms with E-state index < -0.39 is 39.0 Å². The quantitative estimate of drug-likeness (QED) is 0.0787. The highest BCUT2D eigenvalue weighted by Crippen LogP contribution is 2.82. The van der Waals surface area contributed by atoms with Gasteiger partial charge in [-0.1, -0.05) is 75.6 Å². The van der Waals surface area contributed by atoms with E-state index in [0.717, 1.165) is 151 Å². The van der Waals surface area contributed by atoms with Gasteiger partial charge in [-0.2, -0.15) is 0 Å². The number of phenolic OH excluding ortho intramolecular Hbond substituents is 1. The largest absolute Gasteiger partial charge is 0.508 e. The number of nitrogen functional groups attached to an aromatic ring is 1. The van der Waals surface area contributed by atoms with Crippen molar-refractivity contribution in [2.24, 2.45) is 74.9 Å². The smallest absolute Gasteiger partial charge is 0.160 e. The van der Waals surface area contributed by atoms with Crippen molar-refractivity contribution in [3.63, 3.8) is 0 Å². The zero-order chi connectivity index (χ0) is 56.5. The van der Waals surface area contributed by atoms with Crippen molar-refractivity contribution >= 4 is 17.3 Å². The van der Waals surface area contributed by atoms with E-state index in [-0.39, 0.29) is 89.7 Å². The lowest BCUT2D eigenvalue weighted by Crippen LogP contribution is -2.76. The second-order valence-corrected chi connectivity index (χ2v) is 30.5. The van der Waals surface area contributed by atoms with Crippen LogP contribution in [0.2, 0.25) is 0 Å². The third kappa shape index (κ3) is 8.75. The van der Waals surface area contributed by atoms with Gasteiger partial charge in [-0.25, -0.2) is 0 Å². The van der Waals surface area contributed by atoms with Crippen LogP contribution in [0.1, 0.15) is 210 Å². The first-order valence-corrected chi connectivity index (χ1v) is 33.1. The average molecular weight is 1110 g/mol. The lowest BCUT2D eigenvalue weighted by atomic mass is 9.28. The summed E-state index contributed by atoms with van der Waals surface area (Å²) in [7, 11) is 1.94. The molecule has 2 spiro atoms. The number of aliphatic hydroxyl groups excluding tert-OH is 3. The molecule has 2 heterocycles. The van der Waals surface area contributed by atoms with Gasteiger partial charge < -0.3 is 46.6 Å². The first-order valence-electron chi connectivity index (χ1n) is 33.1. The maximum atomic E-state index is 17.1. The molecule has 9 aliphatic carbocycles. The number of nitrogens with one attached hydrogen (secondary N) is 2. The van der Waals surface area contributed by atoms with Crippen molar-refractivity contribution in [2.45, 2.75) is 235 Å². The summed E-state index contributed by atoms with van der Waals surface area (Å²) in [6.07, 6.45) is 21.5. The molecule has 9 N–H and O–H groups in total. The monoisotopic (exact) mass is 1110 g/mol. The van der Waals surface area contributed by atoms with Gasteiger partial charge >= 0.3 is 0 Å². The Morgan fingerprint density at radius 1 is 0.852 bits per heavy atom. The van der Waals surface area contributed by atoms with E-state index in [1.807, 2.05) is 32.2 Å². The van der Waals surface area contributed by atoms with Crippen LogP contribution in [0.5, 0.6) is 5.75 Å². The van der Waals surface area contributed by atoms with Crippen molar-refractivity contribution in [2.75, 3.05) is 32.5 Å². The van der Waals surface area contributed by atoms with Gasteiger partial charge in [0.15, 0.2) is 5.78 Å². The van der Waals surface area contributed by atoms with E-state index in [9.17, 15) is 25.5 Å². The SMILES string of the molecule is CNCc1cc(O)cc(C23CCCC45CC(=O)C6=C4CCC4C(C7CCCCC7)(C2)C2C(CC45C(CO)CCC4CCC(CO)CC4C6CC(O)C4OC4(C)C4CCCC4c4cccc(N)c4)NCC(C)(O)CCCCC2(C)C3=O)c1. The number of aromatic hydroxyl groups is 1. The number of phenols is 1. The molecule has 13 rings (SSSR count). The van der Waals surface area contributed by atoms with Gasteiger partial charge in [0.2, 0.25) is 0 Å². The zero-order valence-corrected chi connectivity index (χ0v) is 49.8. The molecular formula is C70H101N3O8. The van der Waals surface area contributed by atoms with E-state index in [0.29, 0.717) is 62.8 Å². The fraction of sp³-hybridized carbons (Fsp3) is 0.771. The number of β-amino-alcohol motifs (C(OH)–C–C–N with tert-alkyl or cyclic N) is 1. The maximum absolute atomic E-state index is 17.1. The van der Waals surface area contributed by atoms with Gasteiger partial charge in [0, 0.05) is 55.3 Å². The number of anilines is 1. The standard InChI is InChI=1S/C70H101N3O8/c1-64(80)25-8-9-26-65(2)61-56(73-41-64)35-70-47(39-75)22-21-44-20-19-42(38-74)31-52(44)53(34-57(77)62-66(3,81-62)54-18-11-17-51(54)45-13-10-16-49(71)32-45)60-55-23-24-59(70)69(61,46-14-6-5-7-15-46)40-67(63(65)79,27-12-28-68(55,70)36-58(60)78)48-29-43(37-72-4)30-50(76)33-48/h10,13,16,29-30,32-33,42,44,46-47,51-54,56-57,59,61-62,72-77,80H,5-9,11-12,14-15,17-28,31,34-41,71H2,1-4H3. The van der Waals surface area contributed by atoms with E-state index in [1.165, 1.54) is 17.6 Å². The van der Waals surface area contributed by atoms with E-state index in [1.54, 1.807) is 0 Å². The summed E-state index contributed by atoms with van der Waals surface area (Å²) in [6, 6.07) is 14.3. The van der Waals surface area contributed by atoms with Gasteiger partial charge in [0.1, 0.15) is 17.6 Å². The van der Waals surface area contributed by atoms with Crippen LogP contribution in [0.15, 0.2) is 53.6 Å². The Bertz CT molecular complexity index is 2760. The number of hydrogen-bond acceptors (Lipinski definition) is 11. The second kappa shape index (κ2) is 21.1. The number of aliphatic hydroxyl groups is 4. The number of fused-ring (bicyclic) bond motifs is 2. The summed E-state index contributed by atoms with van der Waals surface area (Å²) in [4.78, 5) is 33.6. The van der Waals surface area contributed by atoms with Crippen molar-refractivity contribution in [1.29, 1.82) is 0 Å². The average Bonchev–Trinajstić information content (AvgIpc) is 2.46. The van der Waals surface area contributed by atoms with Crippen LogP contribution >= 0.6 is 0 Å². The number of carbonyl (C=O) groups excluding carboxylic acids is 2. The Balaban J connectivity index is 1.02. The van der Waals surface area contributed by atoms with Crippen LogP contribution in [0.25, 0.3) is 0 Å². The van der Waals surface area contributed by atoms with Gasteiger partial charge in [-0.05, 0) is 253 Å². The van der Waals surface area contributed by atoms with Gasteiger partial charge in [0.25, 0.3) is 0 Å². The summed E-state index contributed by atoms with van der Waals surface area (Å²) >= 11 is 0. The summed E-state index contributed by atoms with van der Waals surface area (Å²) in [6.45, 7) is 7.76. The predicted octanol–water partition coefficient (Wildman–Crippen LogP) is 11.2. The number of rotatable bonds is 11. The molecule has 2 saturated heterocycles. The number of hydrogen-bond donors (Lipinski definition) is 8. The minimum atomic E-state index is -0.942. The highest BCUT2D eigenvalue weighted by atomic mass is 16.6. The fourth-order valence-corrected chi connectivity index (χ4v) is 23.8. The van der Waals surface area contributed by atoms with E-state index >= 15 is 9.59 Å². The minimum absolute atomic E-state index is 0.0214.